The lowest BCUT2D eigenvalue weighted by Gasteiger charge is -2.05. The van der Waals surface area contributed by atoms with E-state index in [9.17, 15) is 0 Å². The summed E-state index contributed by atoms with van der Waals surface area (Å²) >= 11 is 14.7. The van der Waals surface area contributed by atoms with Gasteiger partial charge in [-0.1, -0.05) is 45.7 Å². The van der Waals surface area contributed by atoms with Crippen LogP contribution in [-0.2, 0) is 0 Å². The van der Waals surface area contributed by atoms with Gasteiger partial charge in [0, 0.05) is 10.5 Å². The van der Waals surface area contributed by atoms with Gasteiger partial charge in [-0.15, -0.1) is 0 Å². The third kappa shape index (κ3) is 3.59. The summed E-state index contributed by atoms with van der Waals surface area (Å²) in [4.78, 5) is 0. The topological polar surface area (TPSA) is 9.23 Å². The highest BCUT2D eigenvalue weighted by atomic mass is 79.9. The highest BCUT2D eigenvalue weighted by Gasteiger charge is 1.99. The Morgan fingerprint density at radius 2 is 2.08 bits per heavy atom. The number of hydrogen-bond donors (Lipinski definition) is 0. The van der Waals surface area contributed by atoms with Gasteiger partial charge in [0.1, 0.15) is 12.4 Å². The van der Waals surface area contributed by atoms with Gasteiger partial charge in [-0.25, -0.2) is 0 Å². The van der Waals surface area contributed by atoms with Crippen LogP contribution in [0.1, 0.15) is 0 Å². The van der Waals surface area contributed by atoms with E-state index in [4.69, 9.17) is 27.9 Å². The predicted octanol–water partition coefficient (Wildman–Crippen LogP) is 4.28. The van der Waals surface area contributed by atoms with Crippen LogP contribution in [0, 0.1) is 0 Å². The van der Waals surface area contributed by atoms with E-state index in [1.165, 1.54) is 0 Å². The SMILES string of the molecule is C=C(Br)COc1ccc(Cl)c(Cl)c1. The molecule has 0 aliphatic rings. The molecule has 0 unspecified atom stereocenters. The van der Waals surface area contributed by atoms with Crippen molar-refractivity contribution in [2.45, 2.75) is 0 Å². The van der Waals surface area contributed by atoms with E-state index < -0.39 is 0 Å². The number of ether oxygens (including phenoxy) is 1. The maximum atomic E-state index is 5.78. The molecule has 70 valence electrons. The molecule has 1 aromatic rings. The van der Waals surface area contributed by atoms with Gasteiger partial charge < -0.3 is 4.74 Å². The van der Waals surface area contributed by atoms with Crippen LogP contribution in [0.5, 0.6) is 5.75 Å². The van der Waals surface area contributed by atoms with Crippen molar-refractivity contribution in [3.05, 3.63) is 39.3 Å². The van der Waals surface area contributed by atoms with Crippen LogP contribution in [0.25, 0.3) is 0 Å². The van der Waals surface area contributed by atoms with Gasteiger partial charge in [0.05, 0.1) is 10.0 Å². The molecule has 0 radical (unpaired) electrons. The minimum Gasteiger partial charge on any atom is -0.488 e. The monoisotopic (exact) mass is 280 g/mol. The quantitative estimate of drug-likeness (QED) is 0.804. The number of rotatable bonds is 3. The Morgan fingerprint density at radius 1 is 1.38 bits per heavy atom. The number of hydrogen-bond acceptors (Lipinski definition) is 1. The second-order valence-electron chi connectivity index (χ2n) is 2.38. The molecule has 0 bridgehead atoms. The van der Waals surface area contributed by atoms with Crippen molar-refractivity contribution in [2.24, 2.45) is 0 Å². The Kier molecular flexibility index (Phi) is 4.10. The highest BCUT2D eigenvalue weighted by Crippen LogP contribution is 2.26. The van der Waals surface area contributed by atoms with Crippen molar-refractivity contribution in [1.29, 1.82) is 0 Å². The molecular weight excluding hydrogens is 275 g/mol. The molecule has 0 fully saturated rings. The largest absolute Gasteiger partial charge is 0.488 e. The Hall–Kier alpha value is -0.180. The molecule has 0 atom stereocenters. The first kappa shape index (κ1) is 10.9. The third-order valence-electron chi connectivity index (χ3n) is 1.29. The molecule has 0 saturated carbocycles. The third-order valence-corrected chi connectivity index (χ3v) is 2.25. The maximum absolute atomic E-state index is 5.78. The van der Waals surface area contributed by atoms with Crippen molar-refractivity contribution >= 4 is 39.1 Å². The van der Waals surface area contributed by atoms with Gasteiger partial charge >= 0.3 is 0 Å². The van der Waals surface area contributed by atoms with E-state index in [1.807, 2.05) is 0 Å². The van der Waals surface area contributed by atoms with Crippen molar-refractivity contribution in [1.82, 2.24) is 0 Å². The second-order valence-corrected chi connectivity index (χ2v) is 4.32. The van der Waals surface area contributed by atoms with Crippen LogP contribution >= 0.6 is 39.1 Å². The van der Waals surface area contributed by atoms with Crippen molar-refractivity contribution in [2.75, 3.05) is 6.61 Å². The Bertz CT molecular complexity index is 325. The van der Waals surface area contributed by atoms with E-state index in [2.05, 4.69) is 22.5 Å². The number of benzene rings is 1. The molecule has 0 N–H and O–H groups in total. The summed E-state index contributed by atoms with van der Waals surface area (Å²) in [6, 6.07) is 5.11. The first-order chi connectivity index (χ1) is 6.09. The molecule has 0 spiro atoms. The summed E-state index contributed by atoms with van der Waals surface area (Å²) in [6.07, 6.45) is 0. The zero-order valence-electron chi connectivity index (χ0n) is 6.69. The summed E-state index contributed by atoms with van der Waals surface area (Å²) in [5, 5.41) is 1.01. The molecular formula is C9H7BrCl2O. The molecule has 4 heteroatoms. The van der Waals surface area contributed by atoms with E-state index in [1.54, 1.807) is 18.2 Å². The minimum atomic E-state index is 0.415. The minimum absolute atomic E-state index is 0.415. The van der Waals surface area contributed by atoms with Crippen LogP contribution in [0.15, 0.2) is 29.3 Å². The van der Waals surface area contributed by atoms with Crippen molar-refractivity contribution < 1.29 is 4.74 Å². The van der Waals surface area contributed by atoms with Gasteiger partial charge in [-0.2, -0.15) is 0 Å². The van der Waals surface area contributed by atoms with Gasteiger partial charge in [-0.05, 0) is 12.1 Å². The van der Waals surface area contributed by atoms with E-state index in [-0.39, 0.29) is 0 Å². The summed E-state index contributed by atoms with van der Waals surface area (Å²) in [6.45, 7) is 4.06. The van der Waals surface area contributed by atoms with Gasteiger partial charge in [0.25, 0.3) is 0 Å². The van der Waals surface area contributed by atoms with Crippen molar-refractivity contribution in [3.8, 4) is 5.75 Å². The molecule has 0 saturated heterocycles. The van der Waals surface area contributed by atoms with Gasteiger partial charge in [0.15, 0.2) is 0 Å². The van der Waals surface area contributed by atoms with E-state index in [0.717, 1.165) is 4.48 Å². The molecule has 0 aromatic heterocycles. The summed E-state index contributed by atoms with van der Waals surface area (Å²) in [5.74, 6) is 0.676. The molecule has 13 heavy (non-hydrogen) atoms. The molecule has 0 amide bonds. The van der Waals surface area contributed by atoms with Gasteiger partial charge in [0.2, 0.25) is 0 Å². The lowest BCUT2D eigenvalue weighted by atomic mass is 10.3. The Morgan fingerprint density at radius 3 is 2.62 bits per heavy atom. The standard InChI is InChI=1S/C9H7BrCl2O/c1-6(10)5-13-7-2-3-8(11)9(12)4-7/h2-4H,1,5H2. The van der Waals surface area contributed by atoms with Crippen LogP contribution in [0.3, 0.4) is 0 Å². The normalized spacial score (nSPS) is 9.77. The molecule has 0 aliphatic heterocycles. The molecule has 1 aromatic carbocycles. The van der Waals surface area contributed by atoms with Crippen LogP contribution in [0.4, 0.5) is 0 Å². The number of halogens is 3. The van der Waals surface area contributed by atoms with Crippen molar-refractivity contribution in [3.63, 3.8) is 0 Å². The smallest absolute Gasteiger partial charge is 0.121 e. The predicted molar refractivity (Wildman–Crippen MR) is 60.0 cm³/mol. The summed E-state index contributed by atoms with van der Waals surface area (Å²) in [5.41, 5.74) is 0. The molecule has 1 nitrogen and oxygen atoms in total. The fraction of sp³-hybridized carbons (Fsp3) is 0.111. The van der Waals surface area contributed by atoms with Crippen LogP contribution in [-0.4, -0.2) is 6.61 Å². The summed E-state index contributed by atoms with van der Waals surface area (Å²) in [7, 11) is 0. The Balaban J connectivity index is 2.68. The average Bonchev–Trinajstić information content (AvgIpc) is 2.07. The first-order valence-electron chi connectivity index (χ1n) is 3.50. The Labute approximate surface area is 95.4 Å². The summed E-state index contributed by atoms with van der Waals surface area (Å²) < 4.78 is 6.09. The van der Waals surface area contributed by atoms with E-state index >= 15 is 0 Å². The fourth-order valence-electron chi connectivity index (χ4n) is 0.728. The highest BCUT2D eigenvalue weighted by molar-refractivity contribution is 9.11. The van der Waals surface area contributed by atoms with Crippen LogP contribution in [0.2, 0.25) is 10.0 Å². The van der Waals surface area contributed by atoms with E-state index in [0.29, 0.717) is 22.4 Å². The fourth-order valence-corrected chi connectivity index (χ4v) is 1.13. The lowest BCUT2D eigenvalue weighted by Crippen LogP contribution is -1.95. The second kappa shape index (κ2) is 4.89. The van der Waals surface area contributed by atoms with Crippen LogP contribution < -0.4 is 4.74 Å². The average molecular weight is 282 g/mol. The molecule has 1 rings (SSSR count). The zero-order valence-corrected chi connectivity index (χ0v) is 9.79. The molecule has 0 heterocycles. The zero-order chi connectivity index (χ0) is 9.84. The van der Waals surface area contributed by atoms with Gasteiger partial charge in [-0.3, -0.25) is 0 Å². The first-order valence-corrected chi connectivity index (χ1v) is 5.05. The maximum Gasteiger partial charge on any atom is 0.121 e. The lowest BCUT2D eigenvalue weighted by molar-refractivity contribution is 0.361. The molecule has 0 aliphatic carbocycles.